The molecule has 0 saturated heterocycles. The Bertz CT molecular complexity index is 3290. The van der Waals surface area contributed by atoms with Crippen molar-refractivity contribution in [2.45, 2.75) is 0 Å². The Morgan fingerprint density at radius 2 is 0.565 bits per heavy atom. The number of benzene rings is 6. The molecule has 0 radical (unpaired) electrons. The average Bonchev–Trinajstić information content (AvgIpc) is 3.87. The fraction of sp³-hybridized carbons (Fsp3) is 0. The molecule has 0 fully saturated rings. The first-order valence-corrected chi connectivity index (χ1v) is 20.8. The molecule has 6 aromatic heterocycles. The highest BCUT2D eigenvalue weighted by Crippen LogP contribution is 2.43. The van der Waals surface area contributed by atoms with Crippen molar-refractivity contribution in [3.05, 3.63) is 219 Å². The number of pyridine rings is 4. The largest absolute Gasteiger partial charge is 0.307 e. The lowest BCUT2D eigenvalue weighted by molar-refractivity contribution is 1.14. The summed E-state index contributed by atoms with van der Waals surface area (Å²) < 4.78 is 4.69. The van der Waals surface area contributed by atoms with Gasteiger partial charge in [-0.05, 0) is 47.5 Å². The van der Waals surface area contributed by atoms with Crippen LogP contribution in [0.25, 0.3) is 111 Å². The SMILES string of the molecule is c1ccc(-c2c(-c3cncc(-c4cncc(-c5cncc(-n6c7ccccc7c7ccccc76)c5-c5ccccc5)c4)c3)cncc2-n2c3ccccc3c3ccccc32)cc1. The number of nitrogens with zero attached hydrogens (tertiary/aromatic N) is 6. The molecule has 0 saturated carbocycles. The number of hydrogen-bond donors (Lipinski definition) is 0. The van der Waals surface area contributed by atoms with E-state index in [1.807, 2.05) is 49.6 Å². The molecule has 0 aliphatic heterocycles. The standard InChI is InChI=1S/C56H36N6/c1-3-15-37(16-4-1)55-47(33-59-35-53(55)61-49-23-11-7-19-43(49)44-20-8-12-24-50(44)61)41-27-39(29-57-31-41)40-28-42(32-58-30-40)48-34-60-36-54(56(48)38-17-5-2-6-18-38)62-51-25-13-9-21-45(51)46-22-10-14-26-52(46)62/h1-36H. The molecule has 6 nitrogen and oxygen atoms in total. The molecule has 0 bridgehead atoms. The van der Waals surface area contributed by atoms with Gasteiger partial charge in [-0.25, -0.2) is 0 Å². The predicted molar refractivity (Wildman–Crippen MR) is 253 cm³/mol. The van der Waals surface area contributed by atoms with Crippen molar-refractivity contribution in [2.24, 2.45) is 0 Å². The maximum atomic E-state index is 4.91. The smallest absolute Gasteiger partial charge is 0.0730 e. The lowest BCUT2D eigenvalue weighted by Gasteiger charge is -2.18. The van der Waals surface area contributed by atoms with Crippen LogP contribution in [0.15, 0.2) is 219 Å². The highest BCUT2D eigenvalue weighted by molar-refractivity contribution is 6.11. The quantitative estimate of drug-likeness (QED) is 0.161. The molecule has 0 aliphatic rings. The molecule has 6 heterocycles. The highest BCUT2D eigenvalue weighted by Gasteiger charge is 2.22. The lowest BCUT2D eigenvalue weighted by atomic mass is 9.93. The van der Waals surface area contributed by atoms with Gasteiger partial charge >= 0.3 is 0 Å². The molecule has 0 spiro atoms. The summed E-state index contributed by atoms with van der Waals surface area (Å²) in [5.41, 5.74) is 16.7. The van der Waals surface area contributed by atoms with Gasteiger partial charge in [0.1, 0.15) is 0 Å². The van der Waals surface area contributed by atoms with Crippen molar-refractivity contribution in [1.29, 1.82) is 0 Å². The van der Waals surface area contributed by atoms with E-state index in [1.54, 1.807) is 0 Å². The van der Waals surface area contributed by atoms with E-state index in [2.05, 4.69) is 179 Å². The van der Waals surface area contributed by atoms with E-state index in [4.69, 9.17) is 19.9 Å². The van der Waals surface area contributed by atoms with Gasteiger partial charge in [0.05, 0.1) is 45.8 Å². The van der Waals surface area contributed by atoms with Gasteiger partial charge in [0.2, 0.25) is 0 Å². The third-order valence-electron chi connectivity index (χ3n) is 12.1. The first-order chi connectivity index (χ1) is 30.8. The molecule has 12 aromatic rings. The van der Waals surface area contributed by atoms with E-state index in [9.17, 15) is 0 Å². The van der Waals surface area contributed by atoms with Crippen molar-refractivity contribution in [3.8, 4) is 67.0 Å². The molecule has 0 unspecified atom stereocenters. The van der Waals surface area contributed by atoms with Gasteiger partial charge in [-0.15, -0.1) is 0 Å². The van der Waals surface area contributed by atoms with Crippen molar-refractivity contribution in [1.82, 2.24) is 29.1 Å². The van der Waals surface area contributed by atoms with E-state index in [0.717, 1.165) is 89.1 Å². The number of aromatic nitrogens is 6. The van der Waals surface area contributed by atoms with Crippen LogP contribution in [0.1, 0.15) is 0 Å². The minimum Gasteiger partial charge on any atom is -0.307 e. The van der Waals surface area contributed by atoms with Crippen molar-refractivity contribution < 1.29 is 0 Å². The molecule has 290 valence electrons. The zero-order valence-corrected chi connectivity index (χ0v) is 33.5. The van der Waals surface area contributed by atoms with E-state index in [1.165, 1.54) is 21.5 Å². The third-order valence-corrected chi connectivity index (χ3v) is 12.1. The lowest BCUT2D eigenvalue weighted by Crippen LogP contribution is -2.01. The molecular weight excluding hydrogens is 757 g/mol. The minimum atomic E-state index is 0.950. The van der Waals surface area contributed by atoms with Gasteiger partial charge in [0.15, 0.2) is 0 Å². The third kappa shape index (κ3) is 5.73. The maximum Gasteiger partial charge on any atom is 0.0730 e. The van der Waals surface area contributed by atoms with Gasteiger partial charge in [-0.2, -0.15) is 0 Å². The second-order valence-corrected chi connectivity index (χ2v) is 15.6. The Morgan fingerprint density at radius 1 is 0.258 bits per heavy atom. The summed E-state index contributed by atoms with van der Waals surface area (Å²) in [6.07, 6.45) is 15.6. The fourth-order valence-corrected chi connectivity index (χ4v) is 9.35. The Hall–Kier alpha value is -8.48. The Labute approximate surface area is 357 Å². The number of hydrogen-bond acceptors (Lipinski definition) is 4. The van der Waals surface area contributed by atoms with Crippen LogP contribution in [0, 0.1) is 0 Å². The van der Waals surface area contributed by atoms with Gasteiger partial charge < -0.3 is 9.13 Å². The zero-order chi connectivity index (χ0) is 41.0. The number of para-hydroxylation sites is 4. The van der Waals surface area contributed by atoms with Crippen LogP contribution < -0.4 is 0 Å². The predicted octanol–water partition coefficient (Wildman–Crippen LogP) is 13.8. The molecule has 0 N–H and O–H groups in total. The maximum absolute atomic E-state index is 4.91. The van der Waals surface area contributed by atoms with E-state index in [0.29, 0.717) is 0 Å². The molecule has 12 rings (SSSR count). The Morgan fingerprint density at radius 3 is 0.935 bits per heavy atom. The number of rotatable bonds is 7. The zero-order valence-electron chi connectivity index (χ0n) is 33.5. The fourth-order valence-electron chi connectivity index (χ4n) is 9.35. The van der Waals surface area contributed by atoms with Gasteiger partial charge in [0.25, 0.3) is 0 Å². The monoisotopic (exact) mass is 792 g/mol. The molecule has 0 atom stereocenters. The second-order valence-electron chi connectivity index (χ2n) is 15.6. The summed E-state index contributed by atoms with van der Waals surface area (Å²) in [4.78, 5) is 19.5. The topological polar surface area (TPSA) is 61.4 Å². The van der Waals surface area contributed by atoms with E-state index in [-0.39, 0.29) is 0 Å². The van der Waals surface area contributed by atoms with Gasteiger partial charge in [-0.3, -0.25) is 19.9 Å². The summed E-state index contributed by atoms with van der Waals surface area (Å²) in [6.45, 7) is 0. The first-order valence-electron chi connectivity index (χ1n) is 20.8. The van der Waals surface area contributed by atoms with Crippen LogP contribution in [0.3, 0.4) is 0 Å². The summed E-state index contributed by atoms with van der Waals surface area (Å²) in [7, 11) is 0. The Kier molecular flexibility index (Phi) is 8.38. The van der Waals surface area contributed by atoms with Crippen LogP contribution >= 0.6 is 0 Å². The van der Waals surface area contributed by atoms with Gasteiger partial charge in [0, 0.05) is 103 Å². The van der Waals surface area contributed by atoms with Crippen molar-refractivity contribution >= 4 is 43.6 Å². The van der Waals surface area contributed by atoms with Crippen LogP contribution in [0.2, 0.25) is 0 Å². The summed E-state index contributed by atoms with van der Waals surface area (Å²) in [6, 6.07) is 60.0. The van der Waals surface area contributed by atoms with Crippen LogP contribution in [-0.2, 0) is 0 Å². The van der Waals surface area contributed by atoms with Crippen molar-refractivity contribution in [2.75, 3.05) is 0 Å². The highest BCUT2D eigenvalue weighted by atomic mass is 15.0. The average molecular weight is 793 g/mol. The van der Waals surface area contributed by atoms with E-state index < -0.39 is 0 Å². The second kappa shape index (κ2) is 14.7. The summed E-state index contributed by atoms with van der Waals surface area (Å²) in [5.74, 6) is 0. The van der Waals surface area contributed by atoms with Gasteiger partial charge in [-0.1, -0.05) is 133 Å². The van der Waals surface area contributed by atoms with Crippen molar-refractivity contribution in [3.63, 3.8) is 0 Å². The molecule has 6 aromatic carbocycles. The molecule has 0 amide bonds. The Balaban J connectivity index is 1.03. The molecule has 6 heteroatoms. The molecular formula is C56H36N6. The van der Waals surface area contributed by atoms with Crippen LogP contribution in [-0.4, -0.2) is 29.1 Å². The summed E-state index contributed by atoms with van der Waals surface area (Å²) >= 11 is 0. The summed E-state index contributed by atoms with van der Waals surface area (Å²) in [5, 5.41) is 4.81. The first kappa shape index (κ1) is 35.5. The molecule has 0 aliphatic carbocycles. The van der Waals surface area contributed by atoms with E-state index >= 15 is 0 Å². The number of fused-ring (bicyclic) bond motifs is 6. The van der Waals surface area contributed by atoms with Crippen LogP contribution in [0.4, 0.5) is 0 Å². The normalized spacial score (nSPS) is 11.5. The van der Waals surface area contributed by atoms with Crippen LogP contribution in [0.5, 0.6) is 0 Å². The minimum absolute atomic E-state index is 0.950. The molecule has 62 heavy (non-hydrogen) atoms.